The number of H-pyrrole nitrogens is 1. The van der Waals surface area contributed by atoms with Crippen LogP contribution in [0.5, 0.6) is 0 Å². The summed E-state index contributed by atoms with van der Waals surface area (Å²) in [5, 5.41) is 2.79. The molecule has 0 bridgehead atoms. The van der Waals surface area contributed by atoms with E-state index < -0.39 is 65.1 Å². The minimum absolute atomic E-state index is 0.00763. The van der Waals surface area contributed by atoms with Crippen molar-refractivity contribution in [2.45, 2.75) is 108 Å². The van der Waals surface area contributed by atoms with Crippen LogP contribution in [0.1, 0.15) is 61.6 Å². The molecule has 2 N–H and O–H groups in total. The highest BCUT2D eigenvalue weighted by atomic mass is 28.5. The summed E-state index contributed by atoms with van der Waals surface area (Å²) in [5.74, 6) is 0. The van der Waals surface area contributed by atoms with Gasteiger partial charge in [0.1, 0.15) is 12.2 Å². The lowest BCUT2D eigenvalue weighted by atomic mass is 10.1. The Morgan fingerprint density at radius 2 is 1.41 bits per heavy atom. The van der Waals surface area contributed by atoms with Crippen molar-refractivity contribution < 1.29 is 50.9 Å². The molecule has 1 aromatic rings. The van der Waals surface area contributed by atoms with Gasteiger partial charge in [0, 0.05) is 18.8 Å². The maximum Gasteiger partial charge on any atom is 0.407 e. The average molecular weight is 762 g/mol. The van der Waals surface area contributed by atoms with E-state index in [4.69, 9.17) is 46.1 Å². The molecule has 3 fully saturated rings. The molecule has 0 spiro atoms. The number of alkyl carbamates (subject to hydrolysis) is 1. The van der Waals surface area contributed by atoms with Gasteiger partial charge in [-0.25, -0.2) is 9.59 Å². The Labute approximate surface area is 302 Å². The van der Waals surface area contributed by atoms with Crippen LogP contribution >= 0.6 is 0 Å². The second-order valence-electron chi connectivity index (χ2n) is 14.3. The van der Waals surface area contributed by atoms with E-state index in [9.17, 15) is 14.4 Å². The Kier molecular flexibility index (Phi) is 15.9. The quantitative estimate of drug-likeness (QED) is 0.370. The van der Waals surface area contributed by atoms with Gasteiger partial charge in [0.15, 0.2) is 12.3 Å². The highest BCUT2D eigenvalue weighted by Crippen LogP contribution is 2.48. The van der Waals surface area contributed by atoms with Crippen molar-refractivity contribution in [2.24, 2.45) is 0 Å². The zero-order valence-corrected chi connectivity index (χ0v) is 33.4. The number of nitrogens with one attached hydrogen (secondary N) is 2. The zero-order chi connectivity index (χ0) is 37.2. The first-order valence-corrected chi connectivity index (χ1v) is 22.1. The van der Waals surface area contributed by atoms with Crippen molar-refractivity contribution >= 4 is 23.2 Å². The summed E-state index contributed by atoms with van der Waals surface area (Å²) < 4.78 is 63.4. The summed E-state index contributed by atoms with van der Waals surface area (Å²) in [6, 6.07) is 1.22. The third-order valence-corrected chi connectivity index (χ3v) is 19.7. The number of hydrogen-bond acceptors (Lipinski definition) is 13. The van der Waals surface area contributed by atoms with Gasteiger partial charge in [0.05, 0.1) is 72.2 Å². The molecule has 3 saturated heterocycles. The number of carbonyl (C=O) groups excluding carboxylic acids is 1. The van der Waals surface area contributed by atoms with Crippen LogP contribution in [0.2, 0.25) is 22.2 Å². The number of fused-ring (bicyclic) bond motifs is 1. The van der Waals surface area contributed by atoms with Crippen LogP contribution < -0.4 is 16.6 Å². The van der Waals surface area contributed by atoms with Crippen LogP contribution in [-0.4, -0.2) is 130 Å². The highest BCUT2D eigenvalue weighted by molar-refractivity contribution is 6.84. The van der Waals surface area contributed by atoms with E-state index in [0.717, 1.165) is 0 Å². The molecule has 0 radical (unpaired) electrons. The molecule has 0 aliphatic carbocycles. The summed E-state index contributed by atoms with van der Waals surface area (Å²) >= 11 is 0. The lowest BCUT2D eigenvalue weighted by Crippen LogP contribution is -2.66. The van der Waals surface area contributed by atoms with E-state index in [1.54, 1.807) is 0 Å². The number of aromatic nitrogens is 2. The summed E-state index contributed by atoms with van der Waals surface area (Å²) in [4.78, 5) is 41.0. The van der Waals surface area contributed by atoms with Gasteiger partial charge in [-0.1, -0.05) is 55.4 Å². The van der Waals surface area contributed by atoms with Gasteiger partial charge in [-0.2, -0.15) is 0 Å². The summed E-state index contributed by atoms with van der Waals surface area (Å²) in [6.45, 7) is 20.4. The molecule has 3 aliphatic heterocycles. The topological polar surface area (TPSA) is 176 Å². The SMILES string of the molecule is CC(C)[Si]1(C(C)C)OC[C@H]2O[C@@H](n3ccc(=O)[nH]c3=O)[C@H](OC(=O)NCC3COCCOCCOCCOCCO3)[C@@H]2O[Si](C(C)C)(C(C)C)O1. The second-order valence-corrected chi connectivity index (χ2v) is 23.1. The van der Waals surface area contributed by atoms with Crippen LogP contribution in [-0.2, 0) is 46.1 Å². The van der Waals surface area contributed by atoms with Crippen molar-refractivity contribution in [3.63, 3.8) is 0 Å². The number of amides is 1. The molecule has 4 heterocycles. The standard InChI is InChI=1S/C33H59N3O13Si2/c1-22(2)50(23(3)4)45-21-27-29(48-51(49-50,24(5)6)25(7)8)30(31(46-27)36-10-9-28(37)35-32(36)38)47-33(39)34-19-26-20-43-16-15-41-12-11-40-13-14-42-17-18-44-26/h9-10,22-27,29-31H,11-21H2,1-8H3,(H,34,39)(H,35,37,38)/t26?,27-,29-,30-,31-/m1/s1. The summed E-state index contributed by atoms with van der Waals surface area (Å²) in [6.07, 6.45) is -3.76. The molecule has 292 valence electrons. The molecule has 4 rings (SSSR count). The fourth-order valence-corrected chi connectivity index (χ4v) is 18.0. The molecule has 1 amide bonds. The fourth-order valence-electron chi connectivity index (χ4n) is 6.78. The van der Waals surface area contributed by atoms with Gasteiger partial charge in [-0.3, -0.25) is 14.3 Å². The van der Waals surface area contributed by atoms with Crippen LogP contribution in [0.15, 0.2) is 21.9 Å². The van der Waals surface area contributed by atoms with Gasteiger partial charge in [0.25, 0.3) is 5.56 Å². The van der Waals surface area contributed by atoms with Crippen molar-refractivity contribution in [2.75, 3.05) is 72.6 Å². The minimum Gasteiger partial charge on any atom is -0.439 e. The Hall–Kier alpha value is -1.98. The summed E-state index contributed by atoms with van der Waals surface area (Å²) in [5.41, 5.74) is -1.08. The third-order valence-electron chi connectivity index (χ3n) is 9.46. The Morgan fingerprint density at radius 3 is 1.98 bits per heavy atom. The van der Waals surface area contributed by atoms with E-state index in [-0.39, 0.29) is 48.5 Å². The number of nitrogens with zero attached hydrogens (tertiary/aromatic N) is 1. The first-order chi connectivity index (χ1) is 24.3. The summed E-state index contributed by atoms with van der Waals surface area (Å²) in [7, 11) is -6.06. The Bertz CT molecular complexity index is 1310. The molecule has 1 unspecified atom stereocenters. The van der Waals surface area contributed by atoms with Gasteiger partial charge < -0.3 is 51.4 Å². The first-order valence-electron chi connectivity index (χ1n) is 18.2. The fraction of sp³-hybridized carbons (Fsp3) is 0.848. The van der Waals surface area contributed by atoms with Crippen molar-refractivity contribution in [3.8, 4) is 0 Å². The molecule has 0 saturated carbocycles. The van der Waals surface area contributed by atoms with Gasteiger partial charge >= 0.3 is 28.9 Å². The van der Waals surface area contributed by atoms with Gasteiger partial charge in [0.2, 0.25) is 0 Å². The monoisotopic (exact) mass is 761 g/mol. The molecule has 1 aromatic heterocycles. The number of rotatable bonds is 8. The molecular weight excluding hydrogens is 703 g/mol. The molecular formula is C33H59N3O13Si2. The predicted molar refractivity (Wildman–Crippen MR) is 190 cm³/mol. The predicted octanol–water partition coefficient (Wildman–Crippen LogP) is 2.95. The third kappa shape index (κ3) is 10.6. The first kappa shape index (κ1) is 41.8. The van der Waals surface area contributed by atoms with Crippen LogP contribution in [0, 0.1) is 0 Å². The van der Waals surface area contributed by atoms with Gasteiger partial charge in [-0.05, 0) is 22.2 Å². The van der Waals surface area contributed by atoms with Crippen molar-refractivity contribution in [3.05, 3.63) is 33.1 Å². The Balaban J connectivity index is 1.60. The van der Waals surface area contributed by atoms with E-state index in [0.29, 0.717) is 46.2 Å². The van der Waals surface area contributed by atoms with Crippen molar-refractivity contribution in [1.82, 2.24) is 14.9 Å². The minimum atomic E-state index is -3.16. The maximum absolute atomic E-state index is 13.6. The highest BCUT2D eigenvalue weighted by Gasteiger charge is 2.62. The van der Waals surface area contributed by atoms with Crippen LogP contribution in [0.25, 0.3) is 0 Å². The largest absolute Gasteiger partial charge is 0.439 e. The zero-order valence-electron chi connectivity index (χ0n) is 31.4. The average Bonchev–Trinajstić information content (AvgIpc) is 3.36. The van der Waals surface area contributed by atoms with Crippen LogP contribution in [0.3, 0.4) is 0 Å². The number of hydrogen-bond donors (Lipinski definition) is 2. The van der Waals surface area contributed by atoms with E-state index in [1.165, 1.54) is 16.8 Å². The molecule has 3 aliphatic rings. The lowest BCUT2D eigenvalue weighted by Gasteiger charge is -2.51. The normalized spacial score (nSPS) is 28.4. The Morgan fingerprint density at radius 1 is 0.843 bits per heavy atom. The van der Waals surface area contributed by atoms with Crippen molar-refractivity contribution in [1.29, 1.82) is 0 Å². The van der Waals surface area contributed by atoms with E-state index in [1.807, 2.05) is 0 Å². The second kappa shape index (κ2) is 19.4. The number of aromatic amines is 1. The smallest absolute Gasteiger partial charge is 0.407 e. The molecule has 16 nitrogen and oxygen atoms in total. The number of carbonyl (C=O) groups is 1. The van der Waals surface area contributed by atoms with Crippen LogP contribution in [0.4, 0.5) is 4.79 Å². The molecule has 5 atom stereocenters. The molecule has 0 aromatic carbocycles. The number of ether oxygens (including phenoxy) is 7. The maximum atomic E-state index is 13.6. The van der Waals surface area contributed by atoms with E-state index >= 15 is 0 Å². The lowest BCUT2D eigenvalue weighted by molar-refractivity contribution is -0.0616. The molecule has 18 heteroatoms. The van der Waals surface area contributed by atoms with E-state index in [2.05, 4.69) is 65.7 Å². The van der Waals surface area contributed by atoms with Gasteiger partial charge in [-0.15, -0.1) is 0 Å². The molecule has 51 heavy (non-hydrogen) atoms.